The van der Waals surface area contributed by atoms with Crippen molar-refractivity contribution in [2.75, 3.05) is 5.32 Å². The molecule has 0 fully saturated rings. The highest BCUT2D eigenvalue weighted by molar-refractivity contribution is 14.1. The van der Waals surface area contributed by atoms with Gasteiger partial charge in [0.15, 0.2) is 0 Å². The van der Waals surface area contributed by atoms with Crippen molar-refractivity contribution in [3.8, 4) is 0 Å². The van der Waals surface area contributed by atoms with Gasteiger partial charge in [-0.25, -0.2) is 0 Å². The van der Waals surface area contributed by atoms with Gasteiger partial charge in [0.05, 0.1) is 6.04 Å². The Morgan fingerprint density at radius 3 is 2.61 bits per heavy atom. The van der Waals surface area contributed by atoms with Crippen molar-refractivity contribution in [2.24, 2.45) is 5.73 Å². The van der Waals surface area contributed by atoms with Gasteiger partial charge in [0.1, 0.15) is 0 Å². The Morgan fingerprint density at radius 1 is 1.06 bits per heavy atom. The molecule has 92 valence electrons. The number of anilines is 1. The number of benzene rings is 2. The van der Waals surface area contributed by atoms with Crippen molar-refractivity contribution in [2.45, 2.75) is 18.5 Å². The molecule has 0 saturated carbocycles. The first kappa shape index (κ1) is 12.0. The van der Waals surface area contributed by atoms with Crippen LogP contribution in [0.3, 0.4) is 0 Å². The zero-order chi connectivity index (χ0) is 12.5. The monoisotopic (exact) mass is 350 g/mol. The van der Waals surface area contributed by atoms with E-state index in [1.807, 2.05) is 0 Å². The van der Waals surface area contributed by atoms with Crippen LogP contribution in [0.2, 0.25) is 0 Å². The predicted molar refractivity (Wildman–Crippen MR) is 83.5 cm³/mol. The van der Waals surface area contributed by atoms with Gasteiger partial charge >= 0.3 is 0 Å². The molecule has 0 bridgehead atoms. The van der Waals surface area contributed by atoms with Gasteiger partial charge in [-0.15, -0.1) is 0 Å². The molecule has 2 unspecified atom stereocenters. The Balaban J connectivity index is 1.87. The molecule has 0 saturated heterocycles. The highest BCUT2D eigenvalue weighted by Crippen LogP contribution is 2.39. The second-order valence-corrected chi connectivity index (χ2v) is 5.92. The average Bonchev–Trinajstić information content (AvgIpc) is 2.67. The largest absolute Gasteiger partial charge is 0.378 e. The van der Waals surface area contributed by atoms with E-state index in [-0.39, 0.29) is 6.04 Å². The van der Waals surface area contributed by atoms with Crippen LogP contribution in [-0.2, 0) is 0 Å². The second-order valence-electron chi connectivity index (χ2n) is 4.68. The lowest BCUT2D eigenvalue weighted by atomic mass is 10.1. The minimum Gasteiger partial charge on any atom is -0.378 e. The van der Waals surface area contributed by atoms with Gasteiger partial charge in [-0.2, -0.15) is 0 Å². The van der Waals surface area contributed by atoms with Gasteiger partial charge in [-0.05, 0) is 58.3 Å². The number of nitrogens with one attached hydrogen (secondary N) is 1. The number of hydrogen-bond donors (Lipinski definition) is 2. The molecule has 0 radical (unpaired) electrons. The Labute approximate surface area is 121 Å². The first-order valence-corrected chi connectivity index (χ1v) is 7.18. The second kappa shape index (κ2) is 4.90. The molecule has 2 aromatic carbocycles. The maximum Gasteiger partial charge on any atom is 0.0535 e. The zero-order valence-corrected chi connectivity index (χ0v) is 12.1. The lowest BCUT2D eigenvalue weighted by molar-refractivity contribution is 0.648. The minimum absolute atomic E-state index is 0.154. The lowest BCUT2D eigenvalue weighted by Gasteiger charge is -2.15. The Bertz CT molecular complexity index is 568. The van der Waals surface area contributed by atoms with Crippen LogP contribution in [0.25, 0.3) is 0 Å². The van der Waals surface area contributed by atoms with E-state index in [1.165, 1.54) is 14.7 Å². The molecule has 1 aliphatic carbocycles. The zero-order valence-electron chi connectivity index (χ0n) is 9.94. The fourth-order valence-electron chi connectivity index (χ4n) is 2.59. The van der Waals surface area contributed by atoms with E-state index in [0.29, 0.717) is 6.04 Å². The molecular formula is C15H15IN2. The first-order valence-electron chi connectivity index (χ1n) is 6.10. The molecule has 0 amide bonds. The van der Waals surface area contributed by atoms with Crippen LogP contribution in [0.5, 0.6) is 0 Å². The third kappa shape index (κ3) is 2.24. The van der Waals surface area contributed by atoms with Crippen LogP contribution in [-0.4, -0.2) is 0 Å². The van der Waals surface area contributed by atoms with Gasteiger partial charge in [0.2, 0.25) is 0 Å². The number of rotatable bonds is 2. The smallest absolute Gasteiger partial charge is 0.0535 e. The van der Waals surface area contributed by atoms with Crippen LogP contribution in [0.4, 0.5) is 5.69 Å². The fourth-order valence-corrected chi connectivity index (χ4v) is 3.13. The predicted octanol–water partition coefficient (Wildman–Crippen LogP) is 3.85. The lowest BCUT2D eigenvalue weighted by Crippen LogP contribution is -2.09. The molecule has 0 heterocycles. The number of fused-ring (bicyclic) bond motifs is 1. The van der Waals surface area contributed by atoms with E-state index in [4.69, 9.17) is 5.73 Å². The van der Waals surface area contributed by atoms with Crippen molar-refractivity contribution in [3.63, 3.8) is 0 Å². The normalized spacial score (nSPS) is 21.7. The van der Waals surface area contributed by atoms with Gasteiger partial charge in [-0.1, -0.05) is 30.3 Å². The molecule has 2 aromatic rings. The maximum absolute atomic E-state index is 6.18. The van der Waals surface area contributed by atoms with Crippen molar-refractivity contribution in [1.29, 1.82) is 0 Å². The summed E-state index contributed by atoms with van der Waals surface area (Å²) in [6, 6.07) is 17.4. The molecule has 3 rings (SSSR count). The van der Waals surface area contributed by atoms with E-state index in [9.17, 15) is 0 Å². The number of nitrogens with two attached hydrogens (primary N) is 1. The summed E-state index contributed by atoms with van der Waals surface area (Å²) in [6.45, 7) is 0. The molecule has 0 aromatic heterocycles. The van der Waals surface area contributed by atoms with Crippen LogP contribution in [0.1, 0.15) is 29.6 Å². The molecule has 0 aliphatic heterocycles. The molecular weight excluding hydrogens is 335 g/mol. The summed E-state index contributed by atoms with van der Waals surface area (Å²) in [4.78, 5) is 0. The Kier molecular flexibility index (Phi) is 3.26. The van der Waals surface area contributed by atoms with E-state index in [1.54, 1.807) is 0 Å². The summed E-state index contributed by atoms with van der Waals surface area (Å²) in [6.07, 6.45) is 0.963. The van der Waals surface area contributed by atoms with Crippen LogP contribution in [0, 0.1) is 3.57 Å². The van der Waals surface area contributed by atoms with E-state index in [2.05, 4.69) is 76.4 Å². The Morgan fingerprint density at radius 2 is 1.83 bits per heavy atom. The Hall–Kier alpha value is -1.07. The number of hydrogen-bond acceptors (Lipinski definition) is 2. The molecule has 18 heavy (non-hydrogen) atoms. The summed E-state index contributed by atoms with van der Waals surface area (Å²) in [5.74, 6) is 0. The summed E-state index contributed by atoms with van der Waals surface area (Å²) in [5.41, 5.74) is 9.96. The third-order valence-electron chi connectivity index (χ3n) is 3.43. The molecule has 0 spiro atoms. The van der Waals surface area contributed by atoms with Gasteiger partial charge in [-0.3, -0.25) is 0 Å². The van der Waals surface area contributed by atoms with E-state index >= 15 is 0 Å². The SMILES string of the molecule is NC1CC(Nc2cccc(I)c2)c2ccccc21. The van der Waals surface area contributed by atoms with Crippen molar-refractivity contribution in [3.05, 3.63) is 63.2 Å². The summed E-state index contributed by atoms with van der Waals surface area (Å²) in [5, 5.41) is 3.58. The van der Waals surface area contributed by atoms with Crippen LogP contribution in [0.15, 0.2) is 48.5 Å². The standard InChI is InChI=1S/C15H15IN2/c16-10-4-3-5-11(8-10)18-15-9-14(17)12-6-1-2-7-13(12)15/h1-8,14-15,18H,9,17H2. The molecule has 2 nitrogen and oxygen atoms in total. The van der Waals surface area contributed by atoms with E-state index < -0.39 is 0 Å². The molecule has 3 heteroatoms. The third-order valence-corrected chi connectivity index (χ3v) is 4.10. The summed E-state index contributed by atoms with van der Waals surface area (Å²) < 4.78 is 1.24. The summed E-state index contributed by atoms with van der Waals surface area (Å²) >= 11 is 2.33. The van der Waals surface area contributed by atoms with Gasteiger partial charge < -0.3 is 11.1 Å². The number of halogens is 1. The first-order chi connectivity index (χ1) is 8.74. The van der Waals surface area contributed by atoms with Crippen LogP contribution >= 0.6 is 22.6 Å². The van der Waals surface area contributed by atoms with Gasteiger partial charge in [0.25, 0.3) is 0 Å². The average molecular weight is 350 g/mol. The minimum atomic E-state index is 0.154. The fraction of sp³-hybridized carbons (Fsp3) is 0.200. The van der Waals surface area contributed by atoms with Crippen molar-refractivity contribution < 1.29 is 0 Å². The highest BCUT2D eigenvalue weighted by atomic mass is 127. The quantitative estimate of drug-likeness (QED) is 0.808. The molecule has 3 N–H and O–H groups in total. The molecule has 1 aliphatic rings. The van der Waals surface area contributed by atoms with E-state index in [0.717, 1.165) is 12.1 Å². The van der Waals surface area contributed by atoms with Crippen LogP contribution < -0.4 is 11.1 Å². The highest BCUT2D eigenvalue weighted by Gasteiger charge is 2.27. The maximum atomic E-state index is 6.18. The topological polar surface area (TPSA) is 38.0 Å². The van der Waals surface area contributed by atoms with Gasteiger partial charge in [0, 0.05) is 15.3 Å². The molecule has 2 atom stereocenters. The van der Waals surface area contributed by atoms with Crippen molar-refractivity contribution >= 4 is 28.3 Å². The van der Waals surface area contributed by atoms with Crippen molar-refractivity contribution in [1.82, 2.24) is 0 Å². The summed E-state index contributed by atoms with van der Waals surface area (Å²) in [7, 11) is 0.